The highest BCUT2D eigenvalue weighted by Crippen LogP contribution is 2.34. The second-order valence-corrected chi connectivity index (χ2v) is 4.69. The van der Waals surface area contributed by atoms with Gasteiger partial charge in [-0.15, -0.1) is 0 Å². The topological polar surface area (TPSA) is 33.6 Å². The van der Waals surface area contributed by atoms with Gasteiger partial charge in [-0.2, -0.15) is 13.2 Å². The van der Waals surface area contributed by atoms with Crippen LogP contribution >= 0.6 is 0 Å². The van der Waals surface area contributed by atoms with Gasteiger partial charge in [-0.3, -0.25) is 0 Å². The van der Waals surface area contributed by atoms with Crippen molar-refractivity contribution in [3.8, 4) is 0 Å². The zero-order chi connectivity index (χ0) is 13.5. The highest BCUT2D eigenvalue weighted by molar-refractivity contribution is 5.97. The molecule has 2 aliphatic heterocycles. The fourth-order valence-electron chi connectivity index (χ4n) is 2.46. The minimum absolute atomic E-state index is 0.0319. The molecule has 0 aliphatic carbocycles. The average molecular weight is 270 g/mol. The molecule has 2 unspecified atom stereocenters. The summed E-state index contributed by atoms with van der Waals surface area (Å²) in [4.78, 5) is 4.29. The van der Waals surface area contributed by atoms with E-state index in [1.54, 1.807) is 6.07 Å². The highest BCUT2D eigenvalue weighted by atomic mass is 19.4. The van der Waals surface area contributed by atoms with E-state index in [0.717, 1.165) is 19.0 Å². The number of halogens is 3. The summed E-state index contributed by atoms with van der Waals surface area (Å²) in [7, 11) is 0. The van der Waals surface area contributed by atoms with Crippen LogP contribution in [0.15, 0.2) is 29.3 Å². The molecule has 0 spiro atoms. The minimum atomic E-state index is -4.39. The van der Waals surface area contributed by atoms with Crippen LogP contribution in [-0.4, -0.2) is 31.1 Å². The number of nitrogens with zero attached hydrogens (tertiary/aromatic N) is 1. The van der Waals surface area contributed by atoms with Gasteiger partial charge in [0.15, 0.2) is 0 Å². The van der Waals surface area contributed by atoms with E-state index in [-0.39, 0.29) is 23.6 Å². The standard InChI is InChI=1S/C13H13F3N2O/c14-13(15,16)9-4-2-1-3-8(9)12-18-10-7-17-6-5-11(10)19-12/h1-4,10-11,17H,5-7H2. The van der Waals surface area contributed by atoms with E-state index in [1.165, 1.54) is 12.1 Å². The van der Waals surface area contributed by atoms with Crippen LogP contribution in [-0.2, 0) is 10.9 Å². The molecular weight excluding hydrogens is 257 g/mol. The van der Waals surface area contributed by atoms with Crippen molar-refractivity contribution in [3.63, 3.8) is 0 Å². The summed E-state index contributed by atoms with van der Waals surface area (Å²) in [6.45, 7) is 1.47. The monoisotopic (exact) mass is 270 g/mol. The zero-order valence-electron chi connectivity index (χ0n) is 10.1. The van der Waals surface area contributed by atoms with E-state index in [4.69, 9.17) is 4.74 Å². The average Bonchev–Trinajstić information content (AvgIpc) is 2.81. The Bertz CT molecular complexity index is 513. The molecule has 1 aromatic rings. The van der Waals surface area contributed by atoms with Crippen LogP contribution in [0.4, 0.5) is 13.2 Å². The predicted octanol–water partition coefficient (Wildman–Crippen LogP) is 2.21. The van der Waals surface area contributed by atoms with Crippen molar-refractivity contribution < 1.29 is 17.9 Å². The molecule has 1 aromatic carbocycles. The van der Waals surface area contributed by atoms with Gasteiger partial charge in [0.2, 0.25) is 5.90 Å². The largest absolute Gasteiger partial charge is 0.472 e. The van der Waals surface area contributed by atoms with E-state index in [2.05, 4.69) is 10.3 Å². The van der Waals surface area contributed by atoms with Crippen LogP contribution in [0.3, 0.4) is 0 Å². The van der Waals surface area contributed by atoms with Crippen LogP contribution in [0.2, 0.25) is 0 Å². The lowest BCUT2D eigenvalue weighted by molar-refractivity contribution is -0.137. The van der Waals surface area contributed by atoms with Crippen LogP contribution in [0.5, 0.6) is 0 Å². The first-order chi connectivity index (χ1) is 9.05. The second-order valence-electron chi connectivity index (χ2n) is 4.69. The van der Waals surface area contributed by atoms with Gasteiger partial charge in [-0.25, -0.2) is 4.99 Å². The Balaban J connectivity index is 1.95. The third kappa shape index (κ3) is 2.32. The number of nitrogens with one attached hydrogen (secondary N) is 1. The van der Waals surface area contributed by atoms with Crippen LogP contribution in [0.25, 0.3) is 0 Å². The van der Waals surface area contributed by atoms with Gasteiger partial charge in [-0.05, 0) is 25.1 Å². The number of ether oxygens (including phenoxy) is 1. The molecule has 19 heavy (non-hydrogen) atoms. The molecule has 6 heteroatoms. The number of fused-ring (bicyclic) bond motifs is 1. The summed E-state index contributed by atoms with van der Waals surface area (Å²) < 4.78 is 44.4. The van der Waals surface area contributed by atoms with Gasteiger partial charge < -0.3 is 10.1 Å². The van der Waals surface area contributed by atoms with Gasteiger partial charge in [0.1, 0.15) is 12.1 Å². The Hall–Kier alpha value is -1.56. The third-order valence-electron chi connectivity index (χ3n) is 3.40. The van der Waals surface area contributed by atoms with Gasteiger partial charge in [0.05, 0.1) is 5.56 Å². The Morgan fingerprint density at radius 2 is 2.05 bits per heavy atom. The van der Waals surface area contributed by atoms with Gasteiger partial charge in [0.25, 0.3) is 0 Å². The van der Waals surface area contributed by atoms with Crippen molar-refractivity contribution in [3.05, 3.63) is 35.4 Å². The molecule has 1 fully saturated rings. The summed E-state index contributed by atoms with van der Waals surface area (Å²) in [5, 5.41) is 3.16. The summed E-state index contributed by atoms with van der Waals surface area (Å²) in [6.07, 6.45) is -3.72. The molecular formula is C13H13F3N2O. The number of alkyl halides is 3. The van der Waals surface area contributed by atoms with Gasteiger partial charge in [0, 0.05) is 12.1 Å². The Kier molecular flexibility index (Phi) is 2.97. The molecule has 2 atom stereocenters. The van der Waals surface area contributed by atoms with Gasteiger partial charge >= 0.3 is 6.18 Å². The highest BCUT2D eigenvalue weighted by Gasteiger charge is 2.39. The van der Waals surface area contributed by atoms with Crippen LogP contribution in [0, 0.1) is 0 Å². The molecule has 102 valence electrons. The summed E-state index contributed by atoms with van der Waals surface area (Å²) in [6, 6.07) is 5.33. The van der Waals surface area contributed by atoms with E-state index >= 15 is 0 Å². The number of aliphatic imine (C=N–C) groups is 1. The number of hydrogen-bond acceptors (Lipinski definition) is 3. The number of rotatable bonds is 1. The molecule has 3 nitrogen and oxygen atoms in total. The minimum Gasteiger partial charge on any atom is -0.472 e. The predicted molar refractivity (Wildman–Crippen MR) is 64.1 cm³/mol. The molecule has 0 saturated carbocycles. The first-order valence-corrected chi connectivity index (χ1v) is 6.17. The first kappa shape index (κ1) is 12.5. The second kappa shape index (κ2) is 4.52. The number of hydrogen-bond donors (Lipinski definition) is 1. The molecule has 0 aromatic heterocycles. The van der Waals surface area contributed by atoms with E-state index in [0.29, 0.717) is 6.54 Å². The third-order valence-corrected chi connectivity index (χ3v) is 3.40. The molecule has 1 saturated heterocycles. The SMILES string of the molecule is FC(F)(F)c1ccccc1C1=NC2CNCCC2O1. The normalized spacial score (nSPS) is 26.6. The fraction of sp³-hybridized carbons (Fsp3) is 0.462. The maximum atomic E-state index is 12.9. The Morgan fingerprint density at radius 3 is 2.79 bits per heavy atom. The fourth-order valence-corrected chi connectivity index (χ4v) is 2.46. The van der Waals surface area contributed by atoms with Crippen molar-refractivity contribution in [1.29, 1.82) is 0 Å². The number of benzene rings is 1. The van der Waals surface area contributed by atoms with Crippen LogP contribution in [0.1, 0.15) is 17.5 Å². The lowest BCUT2D eigenvalue weighted by atomic mass is 10.1. The first-order valence-electron chi connectivity index (χ1n) is 6.17. The molecule has 0 amide bonds. The molecule has 3 rings (SSSR count). The van der Waals surface area contributed by atoms with Crippen molar-refractivity contribution in [2.24, 2.45) is 4.99 Å². The zero-order valence-corrected chi connectivity index (χ0v) is 10.1. The Morgan fingerprint density at radius 1 is 1.26 bits per heavy atom. The maximum absolute atomic E-state index is 12.9. The van der Waals surface area contributed by atoms with E-state index in [1.807, 2.05) is 0 Å². The van der Waals surface area contributed by atoms with Crippen molar-refractivity contribution in [2.75, 3.05) is 13.1 Å². The molecule has 0 bridgehead atoms. The van der Waals surface area contributed by atoms with Gasteiger partial charge in [-0.1, -0.05) is 12.1 Å². The molecule has 1 N–H and O–H groups in total. The number of piperidine rings is 1. The lowest BCUT2D eigenvalue weighted by Crippen LogP contribution is -2.41. The summed E-state index contributed by atoms with van der Waals surface area (Å²) >= 11 is 0. The maximum Gasteiger partial charge on any atom is 0.417 e. The summed E-state index contributed by atoms with van der Waals surface area (Å²) in [5.41, 5.74) is -0.662. The lowest BCUT2D eigenvalue weighted by Gasteiger charge is -2.23. The van der Waals surface area contributed by atoms with Crippen molar-refractivity contribution >= 4 is 5.90 Å². The van der Waals surface area contributed by atoms with Crippen molar-refractivity contribution in [1.82, 2.24) is 5.32 Å². The smallest absolute Gasteiger partial charge is 0.417 e. The quantitative estimate of drug-likeness (QED) is 0.849. The summed E-state index contributed by atoms with van der Waals surface area (Å²) in [5.74, 6) is 0.117. The van der Waals surface area contributed by atoms with Crippen molar-refractivity contribution in [2.45, 2.75) is 24.7 Å². The molecule has 2 heterocycles. The van der Waals surface area contributed by atoms with Crippen LogP contribution < -0.4 is 5.32 Å². The molecule has 2 aliphatic rings. The molecule has 0 radical (unpaired) electrons. The Labute approximate surface area is 108 Å². The van der Waals surface area contributed by atoms with E-state index in [9.17, 15) is 13.2 Å². The van der Waals surface area contributed by atoms with E-state index < -0.39 is 11.7 Å².